The summed E-state index contributed by atoms with van der Waals surface area (Å²) in [5.41, 5.74) is 7.54. The zero-order chi connectivity index (χ0) is 13.1. The number of aryl methyl sites for hydroxylation is 1. The van der Waals surface area contributed by atoms with E-state index in [1.165, 1.54) is 7.11 Å². The Kier molecular flexibility index (Phi) is 4.26. The normalized spacial score (nSPS) is 14.2. The van der Waals surface area contributed by atoms with Gasteiger partial charge in [-0.15, -0.1) is 0 Å². The lowest BCUT2D eigenvalue weighted by Gasteiger charge is -2.27. The molecule has 1 unspecified atom stereocenters. The minimum Gasteiger partial charge on any atom is -0.465 e. The summed E-state index contributed by atoms with van der Waals surface area (Å²) in [5, 5.41) is 0. The Balaban J connectivity index is 3.16. The molecule has 1 aromatic rings. The number of methoxy groups -OCH3 is 2. The van der Waals surface area contributed by atoms with Crippen LogP contribution in [0.3, 0.4) is 0 Å². The molecule has 94 valence electrons. The monoisotopic (exact) mass is 237 g/mol. The van der Waals surface area contributed by atoms with Crippen LogP contribution in [0, 0.1) is 6.92 Å². The number of nitrogens with two attached hydrogens (primary N) is 1. The Morgan fingerprint density at radius 3 is 2.47 bits per heavy atom. The van der Waals surface area contributed by atoms with Crippen molar-refractivity contribution < 1.29 is 14.3 Å². The van der Waals surface area contributed by atoms with E-state index in [9.17, 15) is 4.79 Å². The Morgan fingerprint density at radius 2 is 2.06 bits per heavy atom. The second-order valence-corrected chi connectivity index (χ2v) is 4.16. The maximum absolute atomic E-state index is 11.5. The lowest BCUT2D eigenvalue weighted by atomic mass is 9.92. The van der Waals surface area contributed by atoms with E-state index in [0.717, 1.165) is 11.1 Å². The number of rotatable bonds is 4. The Bertz CT molecular complexity index is 411. The fourth-order valence-electron chi connectivity index (χ4n) is 1.65. The topological polar surface area (TPSA) is 61.5 Å². The second kappa shape index (κ2) is 5.29. The summed E-state index contributed by atoms with van der Waals surface area (Å²) < 4.78 is 10.1. The van der Waals surface area contributed by atoms with Crippen molar-refractivity contribution in [1.82, 2.24) is 0 Å². The average molecular weight is 237 g/mol. The van der Waals surface area contributed by atoms with Crippen LogP contribution >= 0.6 is 0 Å². The summed E-state index contributed by atoms with van der Waals surface area (Å²) in [6.07, 6.45) is 0. The molecule has 1 aromatic carbocycles. The molecule has 4 nitrogen and oxygen atoms in total. The van der Waals surface area contributed by atoms with Crippen LogP contribution in [0.4, 0.5) is 0 Å². The molecule has 0 saturated heterocycles. The predicted octanol–water partition coefficient (Wildman–Crippen LogP) is 1.60. The molecule has 0 aliphatic carbocycles. The van der Waals surface area contributed by atoms with Gasteiger partial charge in [-0.25, -0.2) is 4.79 Å². The number of hydrogen-bond donors (Lipinski definition) is 1. The first kappa shape index (κ1) is 13.7. The molecular weight excluding hydrogens is 218 g/mol. The van der Waals surface area contributed by atoms with Crippen molar-refractivity contribution >= 4 is 5.97 Å². The summed E-state index contributed by atoms with van der Waals surface area (Å²) in [4.78, 5) is 11.5. The fraction of sp³-hybridized carbons (Fsp3) is 0.462. The quantitative estimate of drug-likeness (QED) is 0.808. The molecule has 0 fully saturated rings. The molecule has 0 radical (unpaired) electrons. The van der Waals surface area contributed by atoms with Crippen molar-refractivity contribution in [3.63, 3.8) is 0 Å². The predicted molar refractivity (Wildman–Crippen MR) is 65.9 cm³/mol. The number of hydrogen-bond acceptors (Lipinski definition) is 4. The Morgan fingerprint density at radius 1 is 1.41 bits per heavy atom. The standard InChI is InChI=1S/C13H19NO3/c1-9-7-10(13(2,8-14)17-4)5-6-11(9)12(15)16-3/h5-7H,8,14H2,1-4H3. The van der Waals surface area contributed by atoms with E-state index < -0.39 is 5.60 Å². The number of ether oxygens (including phenoxy) is 2. The van der Waals surface area contributed by atoms with E-state index in [1.54, 1.807) is 13.2 Å². The van der Waals surface area contributed by atoms with Gasteiger partial charge in [0.05, 0.1) is 12.7 Å². The van der Waals surface area contributed by atoms with Crippen molar-refractivity contribution in [3.05, 3.63) is 34.9 Å². The van der Waals surface area contributed by atoms with Crippen LogP contribution in [0.1, 0.15) is 28.4 Å². The summed E-state index contributed by atoms with van der Waals surface area (Å²) in [6, 6.07) is 5.49. The lowest BCUT2D eigenvalue weighted by Crippen LogP contribution is -2.33. The molecule has 4 heteroatoms. The van der Waals surface area contributed by atoms with Crippen molar-refractivity contribution in [3.8, 4) is 0 Å². The molecule has 1 atom stereocenters. The maximum atomic E-state index is 11.5. The van der Waals surface area contributed by atoms with Gasteiger partial charge in [0, 0.05) is 13.7 Å². The maximum Gasteiger partial charge on any atom is 0.338 e. The minimum atomic E-state index is -0.528. The molecular formula is C13H19NO3. The Hall–Kier alpha value is -1.39. The molecule has 2 N–H and O–H groups in total. The van der Waals surface area contributed by atoms with Gasteiger partial charge in [-0.2, -0.15) is 0 Å². The summed E-state index contributed by atoms with van der Waals surface area (Å²) in [7, 11) is 2.99. The van der Waals surface area contributed by atoms with Crippen molar-refractivity contribution in [2.45, 2.75) is 19.4 Å². The van der Waals surface area contributed by atoms with Crippen LogP contribution in [0.15, 0.2) is 18.2 Å². The van der Waals surface area contributed by atoms with Crippen molar-refractivity contribution in [2.24, 2.45) is 5.73 Å². The van der Waals surface area contributed by atoms with E-state index in [2.05, 4.69) is 0 Å². The van der Waals surface area contributed by atoms with Gasteiger partial charge in [-0.3, -0.25) is 0 Å². The van der Waals surface area contributed by atoms with Crippen molar-refractivity contribution in [1.29, 1.82) is 0 Å². The van der Waals surface area contributed by atoms with Gasteiger partial charge in [0.15, 0.2) is 0 Å². The first-order chi connectivity index (χ1) is 7.98. The van der Waals surface area contributed by atoms with Gasteiger partial charge in [0.1, 0.15) is 5.60 Å². The van der Waals surface area contributed by atoms with Gasteiger partial charge in [0.25, 0.3) is 0 Å². The van der Waals surface area contributed by atoms with Crippen LogP contribution in [0.2, 0.25) is 0 Å². The van der Waals surface area contributed by atoms with Gasteiger partial charge in [-0.1, -0.05) is 12.1 Å². The largest absolute Gasteiger partial charge is 0.465 e. The SMILES string of the molecule is COC(=O)c1ccc(C(C)(CN)OC)cc1C. The highest BCUT2D eigenvalue weighted by Gasteiger charge is 2.25. The van der Waals surface area contributed by atoms with Crippen LogP contribution in [0.25, 0.3) is 0 Å². The highest BCUT2D eigenvalue weighted by molar-refractivity contribution is 5.91. The van der Waals surface area contributed by atoms with Crippen LogP contribution in [-0.4, -0.2) is 26.7 Å². The van der Waals surface area contributed by atoms with Crippen LogP contribution < -0.4 is 5.73 Å². The molecule has 0 aliphatic heterocycles. The molecule has 0 bridgehead atoms. The van der Waals surface area contributed by atoms with E-state index in [-0.39, 0.29) is 5.97 Å². The first-order valence-electron chi connectivity index (χ1n) is 5.43. The van der Waals surface area contributed by atoms with Crippen LogP contribution in [-0.2, 0) is 15.1 Å². The zero-order valence-electron chi connectivity index (χ0n) is 10.7. The average Bonchev–Trinajstić information content (AvgIpc) is 2.36. The third kappa shape index (κ3) is 2.65. The lowest BCUT2D eigenvalue weighted by molar-refractivity contribution is 0.00998. The van der Waals surface area contributed by atoms with Gasteiger partial charge in [0.2, 0.25) is 0 Å². The minimum absolute atomic E-state index is 0.332. The first-order valence-corrected chi connectivity index (χ1v) is 5.43. The number of carbonyl (C=O) groups excluding carboxylic acids is 1. The zero-order valence-corrected chi connectivity index (χ0v) is 10.7. The van der Waals surface area contributed by atoms with Gasteiger partial charge >= 0.3 is 5.97 Å². The number of benzene rings is 1. The number of esters is 1. The fourth-order valence-corrected chi connectivity index (χ4v) is 1.65. The second-order valence-electron chi connectivity index (χ2n) is 4.16. The molecule has 0 aliphatic rings. The molecule has 0 amide bonds. The van der Waals surface area contributed by atoms with E-state index in [0.29, 0.717) is 12.1 Å². The molecule has 0 saturated carbocycles. The molecule has 0 aromatic heterocycles. The number of carbonyl (C=O) groups is 1. The third-order valence-corrected chi connectivity index (χ3v) is 3.08. The summed E-state index contributed by atoms with van der Waals surface area (Å²) in [6.45, 7) is 4.16. The van der Waals surface area contributed by atoms with Gasteiger partial charge < -0.3 is 15.2 Å². The summed E-state index contributed by atoms with van der Waals surface area (Å²) >= 11 is 0. The molecule has 17 heavy (non-hydrogen) atoms. The van der Waals surface area contributed by atoms with Crippen LogP contribution in [0.5, 0.6) is 0 Å². The smallest absolute Gasteiger partial charge is 0.338 e. The summed E-state index contributed by atoms with van der Waals surface area (Å²) in [5.74, 6) is -0.332. The van der Waals surface area contributed by atoms with E-state index in [4.69, 9.17) is 15.2 Å². The third-order valence-electron chi connectivity index (χ3n) is 3.08. The highest BCUT2D eigenvalue weighted by atomic mass is 16.5. The van der Waals surface area contributed by atoms with E-state index >= 15 is 0 Å². The van der Waals surface area contributed by atoms with Crippen molar-refractivity contribution in [2.75, 3.05) is 20.8 Å². The molecule has 0 spiro atoms. The van der Waals surface area contributed by atoms with Gasteiger partial charge in [-0.05, 0) is 31.0 Å². The molecule has 0 heterocycles. The van der Waals surface area contributed by atoms with E-state index in [1.807, 2.05) is 26.0 Å². The molecule has 1 rings (SSSR count). The Labute approximate surface area is 102 Å². The highest BCUT2D eigenvalue weighted by Crippen LogP contribution is 2.25.